The molecule has 1 amide bonds. The number of fused-ring (bicyclic) bond motifs is 1. The lowest BCUT2D eigenvalue weighted by molar-refractivity contribution is 0.0724. The van der Waals surface area contributed by atoms with Crippen LogP contribution in [0.3, 0.4) is 0 Å². The molecule has 140 valence electrons. The van der Waals surface area contributed by atoms with Crippen LogP contribution in [-0.2, 0) is 6.54 Å². The van der Waals surface area contributed by atoms with Gasteiger partial charge in [0.25, 0.3) is 5.91 Å². The van der Waals surface area contributed by atoms with Crippen molar-refractivity contribution >= 4 is 16.7 Å². The maximum atomic E-state index is 13.2. The van der Waals surface area contributed by atoms with Gasteiger partial charge in [0.2, 0.25) is 0 Å². The molecule has 4 aromatic rings. The highest BCUT2D eigenvalue weighted by Crippen LogP contribution is 2.26. The smallest absolute Gasteiger partial charge is 0.254 e. The van der Waals surface area contributed by atoms with E-state index in [1.54, 1.807) is 6.20 Å². The topological polar surface area (TPSA) is 66.8 Å². The third-order valence-electron chi connectivity index (χ3n) is 5.54. The minimum absolute atomic E-state index is 0.114. The molecule has 1 N–H and O–H groups in total. The fourth-order valence-electron chi connectivity index (χ4n) is 4.06. The van der Waals surface area contributed by atoms with Gasteiger partial charge in [0.1, 0.15) is 0 Å². The summed E-state index contributed by atoms with van der Waals surface area (Å²) in [6.07, 6.45) is 11.3. The number of hydrogen-bond acceptors (Lipinski definition) is 3. The van der Waals surface area contributed by atoms with Gasteiger partial charge in [-0.25, -0.2) is 4.98 Å². The van der Waals surface area contributed by atoms with Gasteiger partial charge < -0.3 is 9.47 Å². The highest BCUT2D eigenvalue weighted by Gasteiger charge is 2.29. The van der Waals surface area contributed by atoms with Crippen LogP contribution in [0.5, 0.6) is 0 Å². The Morgan fingerprint density at radius 3 is 2.86 bits per heavy atom. The number of likely N-dealkylation sites (tertiary alicyclic amines) is 1. The third kappa shape index (κ3) is 3.07. The molecule has 1 aliphatic rings. The highest BCUT2D eigenvalue weighted by molar-refractivity contribution is 5.99. The predicted molar refractivity (Wildman–Crippen MR) is 108 cm³/mol. The molecule has 0 radical (unpaired) electrons. The minimum atomic E-state index is 0.114. The number of aromatic nitrogens is 4. The Kier molecular flexibility index (Phi) is 4.16. The zero-order valence-corrected chi connectivity index (χ0v) is 15.5. The molecule has 0 spiro atoms. The number of carbonyl (C=O) groups excluding carboxylic acids is 1. The summed E-state index contributed by atoms with van der Waals surface area (Å²) in [5.41, 5.74) is 2.92. The summed E-state index contributed by atoms with van der Waals surface area (Å²) < 4.78 is 2.05. The first-order chi connectivity index (χ1) is 13.8. The fraction of sp³-hybridized carbons (Fsp3) is 0.227. The second-order valence-corrected chi connectivity index (χ2v) is 7.32. The van der Waals surface area contributed by atoms with Crippen molar-refractivity contribution in [3.63, 3.8) is 0 Å². The zero-order valence-electron chi connectivity index (χ0n) is 15.5. The Balaban J connectivity index is 1.40. The Morgan fingerprint density at radius 2 is 2.04 bits per heavy atom. The van der Waals surface area contributed by atoms with E-state index >= 15 is 0 Å². The van der Waals surface area contributed by atoms with Crippen LogP contribution < -0.4 is 0 Å². The maximum absolute atomic E-state index is 13.2. The Bertz CT molecular complexity index is 1100. The number of H-pyrrole nitrogens is 1. The van der Waals surface area contributed by atoms with Crippen LogP contribution >= 0.6 is 0 Å². The average Bonchev–Trinajstić information content (AvgIpc) is 3.49. The Hall–Kier alpha value is -3.41. The molecule has 0 saturated carbocycles. The molecule has 2 aromatic heterocycles. The van der Waals surface area contributed by atoms with Crippen LogP contribution in [0.2, 0.25) is 0 Å². The molecule has 1 unspecified atom stereocenters. The third-order valence-corrected chi connectivity index (χ3v) is 5.54. The zero-order chi connectivity index (χ0) is 18.9. The van der Waals surface area contributed by atoms with Crippen LogP contribution in [0.4, 0.5) is 0 Å². The highest BCUT2D eigenvalue weighted by atomic mass is 16.2. The first-order valence-electron chi connectivity index (χ1n) is 9.57. The molecule has 5 rings (SSSR count). The van der Waals surface area contributed by atoms with Gasteiger partial charge in [-0.05, 0) is 47.4 Å². The molecule has 0 bridgehead atoms. The molecule has 1 fully saturated rings. The van der Waals surface area contributed by atoms with Gasteiger partial charge in [-0.3, -0.25) is 9.89 Å². The second kappa shape index (κ2) is 6.96. The molecule has 28 heavy (non-hydrogen) atoms. The van der Waals surface area contributed by atoms with E-state index < -0.39 is 0 Å². The van der Waals surface area contributed by atoms with E-state index in [4.69, 9.17) is 0 Å². The molecular formula is C22H21N5O. The number of rotatable bonds is 4. The number of amides is 1. The van der Waals surface area contributed by atoms with Crippen molar-refractivity contribution in [1.82, 2.24) is 24.6 Å². The van der Waals surface area contributed by atoms with Gasteiger partial charge in [0.05, 0.1) is 12.5 Å². The summed E-state index contributed by atoms with van der Waals surface area (Å²) >= 11 is 0. The number of nitrogens with zero attached hydrogens (tertiary/aromatic N) is 4. The normalized spacial score (nSPS) is 16.7. The van der Waals surface area contributed by atoms with E-state index in [0.717, 1.165) is 53.4 Å². The number of hydrogen-bond donors (Lipinski definition) is 1. The summed E-state index contributed by atoms with van der Waals surface area (Å²) in [7, 11) is 0. The lowest BCUT2D eigenvalue weighted by Crippen LogP contribution is -2.37. The van der Waals surface area contributed by atoms with Gasteiger partial charge in [0.15, 0.2) is 0 Å². The van der Waals surface area contributed by atoms with Gasteiger partial charge in [-0.15, -0.1) is 0 Å². The van der Waals surface area contributed by atoms with Gasteiger partial charge in [-0.1, -0.05) is 18.2 Å². The van der Waals surface area contributed by atoms with Crippen molar-refractivity contribution in [3.8, 4) is 11.1 Å². The molecule has 6 heteroatoms. The summed E-state index contributed by atoms with van der Waals surface area (Å²) in [6, 6.07) is 12.5. The molecule has 2 aromatic carbocycles. The maximum Gasteiger partial charge on any atom is 0.254 e. The first kappa shape index (κ1) is 16.7. The summed E-state index contributed by atoms with van der Waals surface area (Å²) in [5.74, 6) is 0.114. The Morgan fingerprint density at radius 1 is 1.14 bits per heavy atom. The van der Waals surface area contributed by atoms with Gasteiger partial charge in [0, 0.05) is 48.8 Å². The minimum Gasteiger partial charge on any atom is -0.335 e. The van der Waals surface area contributed by atoms with Crippen LogP contribution in [0, 0.1) is 0 Å². The van der Waals surface area contributed by atoms with Crippen molar-refractivity contribution in [2.45, 2.75) is 25.4 Å². The Labute approximate surface area is 162 Å². The van der Waals surface area contributed by atoms with E-state index in [2.05, 4.69) is 33.4 Å². The van der Waals surface area contributed by atoms with E-state index in [-0.39, 0.29) is 11.9 Å². The van der Waals surface area contributed by atoms with E-state index in [1.165, 1.54) is 0 Å². The van der Waals surface area contributed by atoms with E-state index in [0.29, 0.717) is 0 Å². The van der Waals surface area contributed by atoms with Gasteiger partial charge >= 0.3 is 0 Å². The summed E-state index contributed by atoms with van der Waals surface area (Å²) in [5, 5.41) is 9.05. The van der Waals surface area contributed by atoms with E-state index in [1.807, 2.05) is 52.6 Å². The van der Waals surface area contributed by atoms with Crippen molar-refractivity contribution in [1.29, 1.82) is 0 Å². The molecule has 1 atom stereocenters. The monoisotopic (exact) mass is 371 g/mol. The first-order valence-corrected chi connectivity index (χ1v) is 9.57. The van der Waals surface area contributed by atoms with Gasteiger partial charge in [-0.2, -0.15) is 5.10 Å². The van der Waals surface area contributed by atoms with E-state index in [9.17, 15) is 4.79 Å². The van der Waals surface area contributed by atoms with Crippen LogP contribution in [0.25, 0.3) is 21.9 Å². The number of aromatic amines is 1. The SMILES string of the molecule is O=C(c1ccc2cc(-c3cn[nH]c3)ccc2c1)N1CCCC1Cn1ccnc1. The lowest BCUT2D eigenvalue weighted by Gasteiger charge is -2.25. The summed E-state index contributed by atoms with van der Waals surface area (Å²) in [4.78, 5) is 19.3. The van der Waals surface area contributed by atoms with Crippen LogP contribution in [0.15, 0.2) is 67.5 Å². The van der Waals surface area contributed by atoms with Crippen molar-refractivity contribution in [2.24, 2.45) is 0 Å². The molecule has 6 nitrogen and oxygen atoms in total. The standard InChI is InChI=1S/C22H21N5O/c28-22(27-8-1-2-21(27)14-26-9-7-23-15-26)19-6-5-16-10-18(4-3-17(16)11-19)20-12-24-25-13-20/h3-7,9-13,15,21H,1-2,8,14H2,(H,24,25). The van der Waals surface area contributed by atoms with Crippen LogP contribution in [0.1, 0.15) is 23.2 Å². The average molecular weight is 371 g/mol. The molecule has 3 heterocycles. The molecule has 1 aliphatic heterocycles. The predicted octanol–water partition coefficient (Wildman–Crippen LogP) is 3.73. The lowest BCUT2D eigenvalue weighted by atomic mass is 10.0. The van der Waals surface area contributed by atoms with Crippen molar-refractivity contribution in [3.05, 3.63) is 73.1 Å². The number of nitrogens with one attached hydrogen (secondary N) is 1. The molecule has 0 aliphatic carbocycles. The second-order valence-electron chi connectivity index (χ2n) is 7.32. The fourth-order valence-corrected chi connectivity index (χ4v) is 4.06. The van der Waals surface area contributed by atoms with Crippen LogP contribution in [-0.4, -0.2) is 43.1 Å². The number of benzene rings is 2. The number of carbonyl (C=O) groups is 1. The molecular weight excluding hydrogens is 350 g/mol. The number of imidazole rings is 1. The quantitative estimate of drug-likeness (QED) is 0.594. The summed E-state index contributed by atoms with van der Waals surface area (Å²) in [6.45, 7) is 1.61. The van der Waals surface area contributed by atoms with Crippen molar-refractivity contribution in [2.75, 3.05) is 6.54 Å². The largest absolute Gasteiger partial charge is 0.335 e. The van der Waals surface area contributed by atoms with Crippen molar-refractivity contribution < 1.29 is 4.79 Å². The molecule has 1 saturated heterocycles.